The fraction of sp³-hybridized carbons (Fsp3) is 0.467. The normalized spacial score (nSPS) is 19.0. The van der Waals surface area contributed by atoms with Crippen LogP contribution in [0.5, 0.6) is 0 Å². The molecule has 1 aliphatic rings. The van der Waals surface area contributed by atoms with E-state index in [-0.39, 0.29) is 17.7 Å². The molecule has 0 unspecified atom stereocenters. The molecule has 0 radical (unpaired) electrons. The fourth-order valence-corrected chi connectivity index (χ4v) is 4.59. The van der Waals surface area contributed by atoms with Crippen molar-refractivity contribution in [3.8, 4) is 0 Å². The summed E-state index contributed by atoms with van der Waals surface area (Å²) in [6.45, 7) is 2.18. The minimum Gasteiger partial charge on any atom is -0.332 e. The molecule has 1 aromatic heterocycles. The van der Waals surface area contributed by atoms with Crippen LogP contribution in [0.4, 0.5) is 0 Å². The molecule has 1 atom stereocenters. The Kier molecular flexibility index (Phi) is 4.18. The number of fused-ring (bicyclic) bond motifs is 1. The van der Waals surface area contributed by atoms with Crippen LogP contribution in [0.1, 0.15) is 30.8 Å². The Hall–Kier alpha value is -1.47. The molecule has 1 saturated heterocycles. The summed E-state index contributed by atoms with van der Waals surface area (Å²) >= 11 is 1.58. The molecular weight excluding hydrogens is 320 g/mol. The number of hydrogen-bond acceptors (Lipinski definition) is 5. The van der Waals surface area contributed by atoms with Crippen molar-refractivity contribution in [2.45, 2.75) is 25.8 Å². The van der Waals surface area contributed by atoms with Crippen LogP contribution in [-0.2, 0) is 14.6 Å². The Bertz CT molecular complexity index is 765. The van der Waals surface area contributed by atoms with Crippen LogP contribution in [0.2, 0.25) is 0 Å². The lowest BCUT2D eigenvalue weighted by Crippen LogP contribution is -2.35. The van der Waals surface area contributed by atoms with Crippen LogP contribution in [0, 0.1) is 0 Å². The van der Waals surface area contributed by atoms with Crippen LogP contribution in [0.25, 0.3) is 10.2 Å². The van der Waals surface area contributed by atoms with Crippen LogP contribution in [-0.4, -0.2) is 42.3 Å². The smallest absolute Gasteiger partial charge is 0.238 e. The summed E-state index contributed by atoms with van der Waals surface area (Å²) in [4.78, 5) is 18.6. The number of sulfone groups is 1. The molecule has 0 bridgehead atoms. The maximum absolute atomic E-state index is 12.3. The van der Waals surface area contributed by atoms with E-state index in [4.69, 9.17) is 0 Å². The third-order valence-corrected chi connectivity index (χ3v) is 6.66. The van der Waals surface area contributed by atoms with Crippen molar-refractivity contribution in [3.05, 3.63) is 29.3 Å². The van der Waals surface area contributed by atoms with Crippen LogP contribution in [0.3, 0.4) is 0 Å². The van der Waals surface area contributed by atoms with Gasteiger partial charge in [0.05, 0.1) is 16.3 Å². The number of aromatic nitrogens is 1. The zero-order valence-corrected chi connectivity index (χ0v) is 14.0. The first-order valence-corrected chi connectivity index (χ1v) is 9.99. The summed E-state index contributed by atoms with van der Waals surface area (Å²) in [6, 6.07) is 7.79. The summed E-state index contributed by atoms with van der Waals surface area (Å²) in [5, 5.41) is 0.904. The number of carbonyl (C=O) groups excluding carboxylic acids is 1. The first-order valence-electron chi connectivity index (χ1n) is 7.35. The molecule has 1 fully saturated rings. The van der Waals surface area contributed by atoms with E-state index in [1.54, 1.807) is 23.2 Å². The fourth-order valence-electron chi connectivity index (χ4n) is 2.73. The Morgan fingerprint density at radius 3 is 2.91 bits per heavy atom. The second-order valence-corrected chi connectivity index (χ2v) is 8.86. The topological polar surface area (TPSA) is 67.3 Å². The van der Waals surface area contributed by atoms with Gasteiger partial charge in [0.2, 0.25) is 5.91 Å². The first-order chi connectivity index (χ1) is 10.5. The first kappa shape index (κ1) is 15.4. The van der Waals surface area contributed by atoms with E-state index in [1.165, 1.54) is 0 Å². The minimum atomic E-state index is -3.29. The second-order valence-electron chi connectivity index (χ2n) is 5.44. The molecule has 0 N–H and O–H groups in total. The minimum absolute atomic E-state index is 0.00160. The molecule has 0 aliphatic carbocycles. The Labute approximate surface area is 133 Å². The van der Waals surface area contributed by atoms with Gasteiger partial charge in [0.15, 0.2) is 9.84 Å². The van der Waals surface area contributed by atoms with E-state index in [9.17, 15) is 13.2 Å². The molecule has 0 saturated carbocycles. The number of hydrogen-bond donors (Lipinski definition) is 0. The largest absolute Gasteiger partial charge is 0.332 e. The summed E-state index contributed by atoms with van der Waals surface area (Å²) < 4.78 is 24.5. The molecule has 5 nitrogen and oxygen atoms in total. The number of likely N-dealkylation sites (tertiary alicyclic amines) is 1. The average molecular weight is 338 g/mol. The molecule has 22 heavy (non-hydrogen) atoms. The van der Waals surface area contributed by atoms with Gasteiger partial charge in [0, 0.05) is 12.3 Å². The lowest BCUT2D eigenvalue weighted by molar-refractivity contribution is -0.129. The second kappa shape index (κ2) is 5.96. The van der Waals surface area contributed by atoms with Crippen molar-refractivity contribution < 1.29 is 13.2 Å². The number of para-hydroxylation sites is 1. The summed E-state index contributed by atoms with van der Waals surface area (Å²) in [5.41, 5.74) is 0.933. The monoisotopic (exact) mass is 338 g/mol. The third kappa shape index (κ3) is 3.01. The van der Waals surface area contributed by atoms with Gasteiger partial charge in [-0.25, -0.2) is 13.4 Å². The van der Waals surface area contributed by atoms with Crippen LogP contribution in [0.15, 0.2) is 24.3 Å². The quantitative estimate of drug-likeness (QED) is 0.858. The molecule has 1 aromatic carbocycles. The molecule has 2 aromatic rings. The SMILES string of the molecule is CCS(=O)(=O)CC(=O)N1CCC[C@@H]1c1nc2ccccc2s1. The van der Waals surface area contributed by atoms with E-state index in [0.717, 1.165) is 28.1 Å². The molecule has 118 valence electrons. The summed E-state index contributed by atoms with van der Waals surface area (Å²) in [6.07, 6.45) is 1.73. The van der Waals surface area contributed by atoms with Crippen molar-refractivity contribution in [2.75, 3.05) is 18.1 Å². The number of thiazole rings is 1. The van der Waals surface area contributed by atoms with Gasteiger partial charge in [-0.1, -0.05) is 19.1 Å². The van der Waals surface area contributed by atoms with Crippen molar-refractivity contribution in [3.63, 3.8) is 0 Å². The number of benzene rings is 1. The Balaban J connectivity index is 1.85. The Morgan fingerprint density at radius 2 is 2.18 bits per heavy atom. The number of nitrogens with zero attached hydrogens (tertiary/aromatic N) is 2. The van der Waals surface area contributed by atoms with Gasteiger partial charge in [0.1, 0.15) is 10.8 Å². The molecule has 3 rings (SSSR count). The van der Waals surface area contributed by atoms with Gasteiger partial charge < -0.3 is 4.90 Å². The number of carbonyl (C=O) groups is 1. The van der Waals surface area contributed by atoms with Crippen molar-refractivity contribution in [1.29, 1.82) is 0 Å². The molecule has 2 heterocycles. The predicted molar refractivity (Wildman–Crippen MR) is 87.6 cm³/mol. The van der Waals surface area contributed by atoms with E-state index in [0.29, 0.717) is 6.54 Å². The highest BCUT2D eigenvalue weighted by Crippen LogP contribution is 2.36. The maximum Gasteiger partial charge on any atom is 0.238 e. The molecule has 0 spiro atoms. The standard InChI is InChI=1S/C15H18N2O3S2/c1-2-22(19,20)10-14(18)17-9-5-7-12(17)15-16-11-6-3-4-8-13(11)21-15/h3-4,6,8,12H,2,5,7,9-10H2,1H3/t12-/m1/s1. The summed E-state index contributed by atoms with van der Waals surface area (Å²) in [5.74, 6) is -0.702. The maximum atomic E-state index is 12.3. The Morgan fingerprint density at radius 1 is 1.41 bits per heavy atom. The highest BCUT2D eigenvalue weighted by Gasteiger charge is 2.33. The highest BCUT2D eigenvalue weighted by atomic mass is 32.2. The van der Waals surface area contributed by atoms with Gasteiger partial charge >= 0.3 is 0 Å². The van der Waals surface area contributed by atoms with Gasteiger partial charge in [-0.15, -0.1) is 11.3 Å². The van der Waals surface area contributed by atoms with Gasteiger partial charge in [0.25, 0.3) is 0 Å². The highest BCUT2D eigenvalue weighted by molar-refractivity contribution is 7.92. The molecule has 7 heteroatoms. The lowest BCUT2D eigenvalue weighted by atomic mass is 10.2. The molecule has 1 amide bonds. The number of amides is 1. The summed E-state index contributed by atoms with van der Waals surface area (Å²) in [7, 11) is -3.29. The van der Waals surface area contributed by atoms with E-state index in [1.807, 2.05) is 24.3 Å². The lowest BCUT2D eigenvalue weighted by Gasteiger charge is -2.22. The van der Waals surface area contributed by atoms with Gasteiger partial charge in [-0.2, -0.15) is 0 Å². The van der Waals surface area contributed by atoms with E-state index >= 15 is 0 Å². The van der Waals surface area contributed by atoms with Crippen molar-refractivity contribution in [1.82, 2.24) is 9.88 Å². The van der Waals surface area contributed by atoms with Gasteiger partial charge in [-0.05, 0) is 25.0 Å². The van der Waals surface area contributed by atoms with E-state index < -0.39 is 15.6 Å². The molecular formula is C15H18N2O3S2. The average Bonchev–Trinajstić information content (AvgIpc) is 3.12. The van der Waals surface area contributed by atoms with E-state index in [2.05, 4.69) is 4.98 Å². The zero-order chi connectivity index (χ0) is 15.7. The van der Waals surface area contributed by atoms with Crippen molar-refractivity contribution in [2.24, 2.45) is 0 Å². The predicted octanol–water partition coefficient (Wildman–Crippen LogP) is 2.39. The number of rotatable bonds is 4. The van der Waals surface area contributed by atoms with Crippen molar-refractivity contribution >= 4 is 37.3 Å². The zero-order valence-electron chi connectivity index (χ0n) is 12.4. The molecule has 1 aliphatic heterocycles. The third-order valence-electron chi connectivity index (χ3n) is 3.95. The van der Waals surface area contributed by atoms with Crippen LogP contribution < -0.4 is 0 Å². The van der Waals surface area contributed by atoms with Crippen LogP contribution >= 0.6 is 11.3 Å². The van der Waals surface area contributed by atoms with Gasteiger partial charge in [-0.3, -0.25) is 4.79 Å².